The van der Waals surface area contributed by atoms with Crippen molar-refractivity contribution < 1.29 is 28.8 Å². The third kappa shape index (κ3) is 18.4. The molecular weight excluding hydrogens is 649 g/mol. The lowest BCUT2D eigenvalue weighted by Crippen LogP contribution is -2.33. The fourth-order valence-electron chi connectivity index (χ4n) is 7.68. The zero-order valence-corrected chi connectivity index (χ0v) is 36.3. The summed E-state index contributed by atoms with van der Waals surface area (Å²) >= 11 is 0. The van der Waals surface area contributed by atoms with Crippen molar-refractivity contribution in [1.29, 1.82) is 0 Å². The Hall–Kier alpha value is -1.98. The number of carbonyl (C=O) groups is 6. The molecule has 0 aliphatic heterocycles. The number of ketones is 6. The van der Waals surface area contributed by atoms with Crippen LogP contribution in [0.3, 0.4) is 0 Å². The third-order valence-corrected chi connectivity index (χ3v) is 12.4. The summed E-state index contributed by atoms with van der Waals surface area (Å²) in [6.45, 7) is 28.8. The van der Waals surface area contributed by atoms with Crippen molar-refractivity contribution >= 4 is 34.7 Å². The van der Waals surface area contributed by atoms with Gasteiger partial charge in [-0.1, -0.05) is 129 Å². The Labute approximate surface area is 320 Å². The van der Waals surface area contributed by atoms with E-state index < -0.39 is 17.8 Å². The number of rotatable bonds is 31. The van der Waals surface area contributed by atoms with Crippen molar-refractivity contribution in [3.8, 4) is 0 Å². The van der Waals surface area contributed by atoms with Crippen molar-refractivity contribution in [3.63, 3.8) is 0 Å². The second-order valence-electron chi connectivity index (χ2n) is 18.1. The monoisotopic (exact) mass is 731 g/mol. The van der Waals surface area contributed by atoms with Crippen molar-refractivity contribution in [2.75, 3.05) is 0 Å². The zero-order chi connectivity index (χ0) is 40.3. The maximum absolute atomic E-state index is 13.9. The predicted octanol–water partition coefficient (Wildman–Crippen LogP) is 11.5. The van der Waals surface area contributed by atoms with Gasteiger partial charge < -0.3 is 0 Å². The number of Topliss-reactive ketones (excluding diaryl/α,β-unsaturated/α-hetero) is 6. The molecule has 0 saturated heterocycles. The smallest absolute Gasteiger partial charge is 0.137 e. The van der Waals surface area contributed by atoms with Gasteiger partial charge in [-0.3, -0.25) is 28.8 Å². The zero-order valence-electron chi connectivity index (χ0n) is 36.3. The number of unbranched alkanes of at least 4 members (excludes halogenated alkanes) is 1. The summed E-state index contributed by atoms with van der Waals surface area (Å²) < 4.78 is 0. The van der Waals surface area contributed by atoms with Crippen LogP contribution in [0.1, 0.15) is 187 Å². The molecule has 302 valence electrons. The minimum absolute atomic E-state index is 0.0119. The summed E-state index contributed by atoms with van der Waals surface area (Å²) in [5, 5.41) is 0. The number of hydrogen-bond acceptors (Lipinski definition) is 6. The van der Waals surface area contributed by atoms with Crippen LogP contribution in [0.2, 0.25) is 0 Å². The van der Waals surface area contributed by atoms with E-state index in [9.17, 15) is 28.8 Å². The van der Waals surface area contributed by atoms with E-state index in [0.717, 1.165) is 38.5 Å². The molecule has 0 bridgehead atoms. The minimum atomic E-state index is -0.536. The Morgan fingerprint density at radius 2 is 0.904 bits per heavy atom. The van der Waals surface area contributed by atoms with Gasteiger partial charge in [0, 0.05) is 74.5 Å². The summed E-state index contributed by atoms with van der Waals surface area (Å²) in [7, 11) is 0. The minimum Gasteiger partial charge on any atom is -0.300 e. The molecule has 8 atom stereocenters. The first-order chi connectivity index (χ1) is 24.2. The van der Waals surface area contributed by atoms with Crippen molar-refractivity contribution in [1.82, 2.24) is 0 Å². The molecule has 6 nitrogen and oxygen atoms in total. The Balaban J connectivity index is 5.79. The molecule has 0 aliphatic carbocycles. The van der Waals surface area contributed by atoms with Gasteiger partial charge >= 0.3 is 0 Å². The molecule has 0 heterocycles. The molecule has 0 aromatic carbocycles. The summed E-state index contributed by atoms with van der Waals surface area (Å²) in [6, 6.07) is 0. The summed E-state index contributed by atoms with van der Waals surface area (Å²) in [4.78, 5) is 81.1. The molecule has 0 aliphatic rings. The highest BCUT2D eigenvalue weighted by Gasteiger charge is 2.35. The highest BCUT2D eigenvalue weighted by molar-refractivity contribution is 5.95. The van der Waals surface area contributed by atoms with Crippen molar-refractivity contribution in [2.24, 2.45) is 71.0 Å². The fraction of sp³-hybridized carbons (Fsp3) is 0.870. The molecular formula is C46H82O6. The molecule has 0 saturated carbocycles. The first-order valence-electron chi connectivity index (χ1n) is 21.4. The Bertz CT molecular complexity index is 1100. The van der Waals surface area contributed by atoms with Crippen LogP contribution in [0.5, 0.6) is 0 Å². The second-order valence-corrected chi connectivity index (χ2v) is 18.1. The third-order valence-electron chi connectivity index (χ3n) is 12.4. The van der Waals surface area contributed by atoms with Crippen LogP contribution in [-0.4, -0.2) is 34.7 Å². The molecule has 0 radical (unpaired) electrons. The molecule has 52 heavy (non-hydrogen) atoms. The summed E-state index contributed by atoms with van der Waals surface area (Å²) in [5.74, 6) is -0.319. The molecule has 6 heteroatoms. The first kappa shape index (κ1) is 50.0. The highest BCUT2D eigenvalue weighted by atomic mass is 16.2. The molecule has 0 N–H and O–H groups in total. The van der Waals surface area contributed by atoms with E-state index >= 15 is 0 Å². The lowest BCUT2D eigenvalue weighted by atomic mass is 9.74. The SMILES string of the molecule is CCC(C)C(=O)CC(C(=O)CC(C(=O)CC(C(=O)CCC(=O)CC(CCCCC(C)C)C(=O)CC(C(C)C)C(C)CC)C(C)C)C(C)CC)C(C)C. The topological polar surface area (TPSA) is 102 Å². The molecule has 0 aromatic rings. The normalized spacial score (nSPS) is 16.7. The average molecular weight is 731 g/mol. The Kier molecular flexibility index (Phi) is 24.9. The van der Waals surface area contributed by atoms with Crippen molar-refractivity contribution in [3.05, 3.63) is 0 Å². The van der Waals surface area contributed by atoms with E-state index in [0.29, 0.717) is 30.6 Å². The molecule has 0 amide bonds. The summed E-state index contributed by atoms with van der Waals surface area (Å²) in [6.07, 6.45) is 7.39. The Morgan fingerprint density at radius 3 is 1.38 bits per heavy atom. The van der Waals surface area contributed by atoms with Crippen LogP contribution in [0, 0.1) is 71.0 Å². The maximum Gasteiger partial charge on any atom is 0.137 e. The quantitative estimate of drug-likeness (QED) is 0.0658. The van der Waals surface area contributed by atoms with Gasteiger partial charge in [0.25, 0.3) is 0 Å². The molecule has 0 rings (SSSR count). The van der Waals surface area contributed by atoms with E-state index in [1.807, 2.05) is 55.4 Å². The van der Waals surface area contributed by atoms with Crippen LogP contribution in [0.15, 0.2) is 0 Å². The van der Waals surface area contributed by atoms with Gasteiger partial charge in [0.05, 0.1) is 0 Å². The van der Waals surface area contributed by atoms with Gasteiger partial charge in [-0.25, -0.2) is 0 Å². The van der Waals surface area contributed by atoms with Gasteiger partial charge in [-0.2, -0.15) is 0 Å². The lowest BCUT2D eigenvalue weighted by molar-refractivity contribution is -0.136. The summed E-state index contributed by atoms with van der Waals surface area (Å²) in [5.41, 5.74) is 0. The van der Waals surface area contributed by atoms with E-state index in [4.69, 9.17) is 0 Å². The van der Waals surface area contributed by atoms with Gasteiger partial charge in [-0.05, 0) is 54.3 Å². The molecule has 0 fully saturated rings. The van der Waals surface area contributed by atoms with Gasteiger partial charge in [0.1, 0.15) is 34.7 Å². The average Bonchev–Trinajstić information content (AvgIpc) is 3.08. The molecule has 8 unspecified atom stereocenters. The standard InChI is InChI=1S/C46H82O6/c1-15-33(12)38(30(6)7)25-44(50)36(21-19-18-20-29(4)5)24-37(47)22-23-42(48)39(31(8)9)27-46(52)41(34(13)16-2)28-45(51)40(32(10)11)26-43(49)35(14)17-3/h29-36,38-41H,15-28H2,1-14H3. The lowest BCUT2D eigenvalue weighted by Gasteiger charge is -2.28. The number of carbonyl (C=O) groups excluding carboxylic acids is 6. The molecule has 0 spiro atoms. The van der Waals surface area contributed by atoms with E-state index in [-0.39, 0.29) is 109 Å². The van der Waals surface area contributed by atoms with E-state index in [1.165, 1.54) is 0 Å². The van der Waals surface area contributed by atoms with E-state index in [1.54, 1.807) is 0 Å². The van der Waals surface area contributed by atoms with Crippen LogP contribution in [0.25, 0.3) is 0 Å². The van der Waals surface area contributed by atoms with Gasteiger partial charge in [0.15, 0.2) is 0 Å². The second kappa shape index (κ2) is 25.9. The van der Waals surface area contributed by atoms with Crippen LogP contribution < -0.4 is 0 Å². The number of hydrogen-bond donors (Lipinski definition) is 0. The van der Waals surface area contributed by atoms with Gasteiger partial charge in [-0.15, -0.1) is 0 Å². The van der Waals surface area contributed by atoms with Crippen LogP contribution in [0.4, 0.5) is 0 Å². The predicted molar refractivity (Wildman–Crippen MR) is 216 cm³/mol. The van der Waals surface area contributed by atoms with Crippen molar-refractivity contribution in [2.45, 2.75) is 187 Å². The fourth-order valence-corrected chi connectivity index (χ4v) is 7.68. The van der Waals surface area contributed by atoms with E-state index in [2.05, 4.69) is 41.5 Å². The molecule has 0 aromatic heterocycles. The Morgan fingerprint density at radius 1 is 0.423 bits per heavy atom. The van der Waals surface area contributed by atoms with Crippen LogP contribution in [-0.2, 0) is 28.8 Å². The van der Waals surface area contributed by atoms with Crippen LogP contribution >= 0.6 is 0 Å². The first-order valence-corrected chi connectivity index (χ1v) is 21.4. The maximum atomic E-state index is 13.9. The van der Waals surface area contributed by atoms with Gasteiger partial charge in [0.2, 0.25) is 0 Å². The highest BCUT2D eigenvalue weighted by Crippen LogP contribution is 2.32. The largest absolute Gasteiger partial charge is 0.300 e.